The molecule has 0 heterocycles. The third-order valence-corrected chi connectivity index (χ3v) is 1.87. The number of amides is 1. The molecule has 0 aliphatic rings. The minimum atomic E-state index is -0.494. The Labute approximate surface area is 98.1 Å². The number of nitro groups is 1. The van der Waals surface area contributed by atoms with Crippen LogP contribution in [0.2, 0.25) is 0 Å². The fourth-order valence-electron chi connectivity index (χ4n) is 1.19. The summed E-state index contributed by atoms with van der Waals surface area (Å²) in [5.74, 6) is -0.207. The third kappa shape index (κ3) is 3.67. The van der Waals surface area contributed by atoms with E-state index in [0.29, 0.717) is 12.2 Å². The Morgan fingerprint density at radius 1 is 1.41 bits per heavy atom. The van der Waals surface area contributed by atoms with Gasteiger partial charge in [-0.25, -0.2) is 0 Å². The van der Waals surface area contributed by atoms with Crippen LogP contribution in [0.5, 0.6) is 0 Å². The SMILES string of the molecule is CCOC(=NC(C)=O)c1ccc([N+](=O)[O-])cc1. The summed E-state index contributed by atoms with van der Waals surface area (Å²) in [4.78, 5) is 24.6. The summed E-state index contributed by atoms with van der Waals surface area (Å²) < 4.78 is 5.20. The first-order valence-corrected chi connectivity index (χ1v) is 5.01. The van der Waals surface area contributed by atoms with Gasteiger partial charge in [-0.05, 0) is 19.1 Å². The van der Waals surface area contributed by atoms with Gasteiger partial charge in [-0.3, -0.25) is 14.9 Å². The Morgan fingerprint density at radius 2 is 2.00 bits per heavy atom. The Balaban J connectivity index is 3.03. The van der Waals surface area contributed by atoms with Crippen molar-refractivity contribution in [2.24, 2.45) is 4.99 Å². The molecular formula is C11H12N2O4. The highest BCUT2D eigenvalue weighted by molar-refractivity contribution is 6.01. The van der Waals surface area contributed by atoms with E-state index in [0.717, 1.165) is 0 Å². The van der Waals surface area contributed by atoms with Gasteiger partial charge in [-0.2, -0.15) is 4.99 Å². The van der Waals surface area contributed by atoms with Crippen LogP contribution in [0, 0.1) is 10.1 Å². The van der Waals surface area contributed by atoms with Crippen LogP contribution in [0.25, 0.3) is 0 Å². The summed E-state index contributed by atoms with van der Waals surface area (Å²) in [5.41, 5.74) is 0.514. The number of hydrogen-bond donors (Lipinski definition) is 0. The Morgan fingerprint density at radius 3 is 2.41 bits per heavy atom. The molecule has 0 saturated carbocycles. The zero-order valence-corrected chi connectivity index (χ0v) is 9.54. The third-order valence-electron chi connectivity index (χ3n) is 1.87. The molecule has 1 aromatic carbocycles. The minimum Gasteiger partial charge on any atom is -0.477 e. The second-order valence-corrected chi connectivity index (χ2v) is 3.17. The van der Waals surface area contributed by atoms with Crippen molar-refractivity contribution < 1.29 is 14.5 Å². The zero-order valence-electron chi connectivity index (χ0n) is 9.54. The fraction of sp³-hybridized carbons (Fsp3) is 0.273. The second-order valence-electron chi connectivity index (χ2n) is 3.17. The molecule has 0 N–H and O–H groups in total. The van der Waals surface area contributed by atoms with Gasteiger partial charge in [0.2, 0.25) is 11.8 Å². The number of ether oxygens (including phenoxy) is 1. The first-order chi connectivity index (χ1) is 8.04. The highest BCUT2D eigenvalue weighted by atomic mass is 16.6. The standard InChI is InChI=1S/C11H12N2O4/c1-3-17-11(12-8(2)14)9-4-6-10(7-5-9)13(15)16/h4-7H,3H2,1-2H3. The molecule has 1 amide bonds. The maximum Gasteiger partial charge on any atom is 0.269 e. The number of rotatable bonds is 3. The maximum absolute atomic E-state index is 10.9. The lowest BCUT2D eigenvalue weighted by Gasteiger charge is -2.06. The molecule has 0 spiro atoms. The van der Waals surface area contributed by atoms with Gasteiger partial charge in [-0.1, -0.05) is 0 Å². The number of non-ortho nitro benzene ring substituents is 1. The van der Waals surface area contributed by atoms with Crippen LogP contribution in [0.4, 0.5) is 5.69 Å². The van der Waals surface area contributed by atoms with Gasteiger partial charge in [0, 0.05) is 24.6 Å². The number of nitrogens with zero attached hydrogens (tertiary/aromatic N) is 2. The van der Waals surface area contributed by atoms with Crippen LogP contribution >= 0.6 is 0 Å². The Hall–Kier alpha value is -2.24. The molecule has 90 valence electrons. The van der Waals surface area contributed by atoms with Crippen molar-refractivity contribution in [2.45, 2.75) is 13.8 Å². The molecule has 0 aliphatic heterocycles. The molecule has 0 unspecified atom stereocenters. The predicted octanol–water partition coefficient (Wildman–Crippen LogP) is 1.92. The molecule has 0 fully saturated rings. The van der Waals surface area contributed by atoms with Gasteiger partial charge in [0.1, 0.15) is 0 Å². The van der Waals surface area contributed by atoms with Crippen LogP contribution in [-0.4, -0.2) is 23.3 Å². The highest BCUT2D eigenvalue weighted by Crippen LogP contribution is 2.13. The van der Waals surface area contributed by atoms with E-state index in [1.165, 1.54) is 31.2 Å². The van der Waals surface area contributed by atoms with Crippen LogP contribution in [0.1, 0.15) is 19.4 Å². The summed E-state index contributed by atoms with van der Waals surface area (Å²) in [7, 11) is 0. The van der Waals surface area contributed by atoms with Gasteiger partial charge < -0.3 is 4.74 Å². The van der Waals surface area contributed by atoms with Gasteiger partial charge in [0.05, 0.1) is 11.5 Å². The van der Waals surface area contributed by atoms with E-state index in [2.05, 4.69) is 4.99 Å². The normalized spacial score (nSPS) is 11.1. The van der Waals surface area contributed by atoms with Crippen LogP contribution < -0.4 is 0 Å². The van der Waals surface area contributed by atoms with E-state index < -0.39 is 4.92 Å². The molecule has 0 atom stereocenters. The van der Waals surface area contributed by atoms with E-state index in [9.17, 15) is 14.9 Å². The number of hydrogen-bond acceptors (Lipinski definition) is 4. The number of nitro benzene ring substituents is 1. The first-order valence-electron chi connectivity index (χ1n) is 5.01. The lowest BCUT2D eigenvalue weighted by atomic mass is 10.2. The maximum atomic E-state index is 10.9. The van der Waals surface area contributed by atoms with Crippen molar-refractivity contribution >= 4 is 17.5 Å². The Bertz CT molecular complexity index is 451. The zero-order chi connectivity index (χ0) is 12.8. The summed E-state index contributed by atoms with van der Waals surface area (Å²) in [5, 5.41) is 10.5. The first kappa shape index (κ1) is 12.8. The molecule has 17 heavy (non-hydrogen) atoms. The van der Waals surface area contributed by atoms with E-state index >= 15 is 0 Å². The molecule has 0 bridgehead atoms. The lowest BCUT2D eigenvalue weighted by molar-refractivity contribution is -0.384. The number of benzene rings is 1. The summed E-state index contributed by atoms with van der Waals surface area (Å²) in [6.45, 7) is 3.44. The summed E-state index contributed by atoms with van der Waals surface area (Å²) in [6.07, 6.45) is 0. The van der Waals surface area contributed by atoms with Crippen LogP contribution in [0.3, 0.4) is 0 Å². The summed E-state index contributed by atoms with van der Waals surface area (Å²) in [6, 6.07) is 5.67. The van der Waals surface area contributed by atoms with E-state index in [-0.39, 0.29) is 17.5 Å². The monoisotopic (exact) mass is 236 g/mol. The van der Waals surface area contributed by atoms with Crippen molar-refractivity contribution in [3.63, 3.8) is 0 Å². The second kappa shape index (κ2) is 5.74. The van der Waals surface area contributed by atoms with Gasteiger partial charge in [-0.15, -0.1) is 0 Å². The van der Waals surface area contributed by atoms with Gasteiger partial charge in [0.15, 0.2) is 0 Å². The highest BCUT2D eigenvalue weighted by Gasteiger charge is 2.09. The molecular weight excluding hydrogens is 224 g/mol. The quantitative estimate of drug-likeness (QED) is 0.347. The van der Waals surface area contributed by atoms with Crippen molar-refractivity contribution in [1.29, 1.82) is 0 Å². The van der Waals surface area contributed by atoms with Crippen molar-refractivity contribution in [2.75, 3.05) is 6.61 Å². The number of carbonyl (C=O) groups excluding carboxylic acids is 1. The van der Waals surface area contributed by atoms with Crippen molar-refractivity contribution in [3.8, 4) is 0 Å². The van der Waals surface area contributed by atoms with E-state index in [4.69, 9.17) is 4.74 Å². The van der Waals surface area contributed by atoms with E-state index in [1.54, 1.807) is 6.92 Å². The number of aliphatic imine (C=N–C) groups is 1. The fourth-order valence-corrected chi connectivity index (χ4v) is 1.19. The molecule has 6 nitrogen and oxygen atoms in total. The molecule has 0 radical (unpaired) electrons. The van der Waals surface area contributed by atoms with Crippen LogP contribution in [-0.2, 0) is 9.53 Å². The lowest BCUT2D eigenvalue weighted by Crippen LogP contribution is -2.08. The molecule has 0 aromatic heterocycles. The van der Waals surface area contributed by atoms with E-state index in [1.807, 2.05) is 0 Å². The molecule has 0 aliphatic carbocycles. The Kier molecular flexibility index (Phi) is 4.33. The van der Waals surface area contributed by atoms with Gasteiger partial charge in [0.25, 0.3) is 5.69 Å². The smallest absolute Gasteiger partial charge is 0.269 e. The largest absolute Gasteiger partial charge is 0.477 e. The van der Waals surface area contributed by atoms with Crippen molar-refractivity contribution in [3.05, 3.63) is 39.9 Å². The van der Waals surface area contributed by atoms with Gasteiger partial charge >= 0.3 is 0 Å². The average Bonchev–Trinajstić information content (AvgIpc) is 2.28. The van der Waals surface area contributed by atoms with Crippen molar-refractivity contribution in [1.82, 2.24) is 0 Å². The topological polar surface area (TPSA) is 81.8 Å². The number of carbonyl (C=O) groups is 1. The summed E-state index contributed by atoms with van der Waals surface area (Å²) >= 11 is 0. The average molecular weight is 236 g/mol. The molecule has 6 heteroatoms. The minimum absolute atomic E-state index is 0.0209. The van der Waals surface area contributed by atoms with Crippen LogP contribution in [0.15, 0.2) is 29.3 Å². The molecule has 0 saturated heterocycles. The molecule has 1 rings (SSSR count). The predicted molar refractivity (Wildman–Crippen MR) is 61.9 cm³/mol. The molecule has 1 aromatic rings.